The molecule has 0 atom stereocenters. The summed E-state index contributed by atoms with van der Waals surface area (Å²) in [4.78, 5) is 0. The van der Waals surface area contributed by atoms with E-state index >= 15 is 0 Å². The van der Waals surface area contributed by atoms with Crippen LogP contribution in [0.1, 0.15) is 56.3 Å². The average molecular weight is 249 g/mol. The highest BCUT2D eigenvalue weighted by Crippen LogP contribution is 2.34. The summed E-state index contributed by atoms with van der Waals surface area (Å²) >= 11 is 0. The Morgan fingerprint density at radius 2 is 1.89 bits per heavy atom. The van der Waals surface area contributed by atoms with Crippen LogP contribution in [0.25, 0.3) is 0 Å². The molecular formula is C15H23NO2. The topological polar surface area (TPSA) is 23.4 Å². The summed E-state index contributed by atoms with van der Waals surface area (Å²) in [6, 6.07) is 4.53. The average Bonchev–Trinajstić information content (AvgIpc) is 2.70. The number of hydrogen-bond acceptors (Lipinski definition) is 2. The molecule has 0 unspecified atom stereocenters. The van der Waals surface area contributed by atoms with Gasteiger partial charge in [0.25, 0.3) is 0 Å². The molecular weight excluding hydrogens is 226 g/mol. The van der Waals surface area contributed by atoms with Crippen molar-refractivity contribution < 1.29 is 9.47 Å². The van der Waals surface area contributed by atoms with Crippen molar-refractivity contribution in [3.05, 3.63) is 23.5 Å². The van der Waals surface area contributed by atoms with E-state index in [1.54, 1.807) is 0 Å². The summed E-state index contributed by atoms with van der Waals surface area (Å²) in [6.45, 7) is 4.96. The lowest BCUT2D eigenvalue weighted by Crippen LogP contribution is -2.42. The van der Waals surface area contributed by atoms with Crippen molar-refractivity contribution in [2.75, 3.05) is 0 Å². The molecule has 0 spiro atoms. The van der Waals surface area contributed by atoms with Crippen LogP contribution in [-0.4, -0.2) is 17.1 Å². The quantitative estimate of drug-likeness (QED) is 0.817. The first-order valence-electron chi connectivity index (χ1n) is 7.21. The van der Waals surface area contributed by atoms with Crippen LogP contribution in [0.3, 0.4) is 0 Å². The van der Waals surface area contributed by atoms with Crippen LogP contribution in [0.4, 0.5) is 0 Å². The maximum atomic E-state index is 5.57. The van der Waals surface area contributed by atoms with Gasteiger partial charge in [-0.05, 0) is 44.7 Å². The Bertz CT molecular complexity index is 401. The molecule has 1 saturated heterocycles. The third-order valence-corrected chi connectivity index (χ3v) is 4.27. The molecule has 18 heavy (non-hydrogen) atoms. The van der Waals surface area contributed by atoms with Crippen LogP contribution in [-0.2, 0) is 16.0 Å². The molecule has 0 N–H and O–H groups in total. The second kappa shape index (κ2) is 5.06. The molecule has 0 amide bonds. The Morgan fingerprint density at radius 1 is 1.17 bits per heavy atom. The molecule has 2 aliphatic rings. The summed E-state index contributed by atoms with van der Waals surface area (Å²) in [5.41, 5.74) is 2.81. The summed E-state index contributed by atoms with van der Waals surface area (Å²) in [7, 11) is 0. The Hall–Kier alpha value is -0.800. The number of nitrogens with zero attached hydrogens (tertiary/aromatic N) is 1. The van der Waals surface area contributed by atoms with E-state index in [0.717, 1.165) is 12.5 Å². The van der Waals surface area contributed by atoms with Gasteiger partial charge < -0.3 is 14.0 Å². The van der Waals surface area contributed by atoms with Gasteiger partial charge in [0, 0.05) is 11.4 Å². The third kappa shape index (κ3) is 2.34. The molecule has 3 nitrogen and oxygen atoms in total. The van der Waals surface area contributed by atoms with Crippen LogP contribution in [0.15, 0.2) is 12.1 Å². The van der Waals surface area contributed by atoms with Crippen LogP contribution in [0, 0.1) is 6.92 Å². The second-order valence-corrected chi connectivity index (χ2v) is 5.61. The van der Waals surface area contributed by atoms with Gasteiger partial charge in [0.15, 0.2) is 12.6 Å². The van der Waals surface area contributed by atoms with Gasteiger partial charge in [-0.3, -0.25) is 0 Å². The molecule has 2 heterocycles. The molecule has 1 aromatic heterocycles. The largest absolute Gasteiger partial charge is 0.344 e. The molecule has 0 aromatic carbocycles. The Morgan fingerprint density at radius 3 is 2.56 bits per heavy atom. The standard InChI is InChI=1S/C15H23NO2/c1-11-8-9-14(13-6-4-3-5-7-13)16(11)10-15-17-12(2)18-15/h8-9,12-13,15H,3-7,10H2,1-2H3. The zero-order chi connectivity index (χ0) is 12.5. The molecule has 0 bridgehead atoms. The van der Waals surface area contributed by atoms with Gasteiger partial charge in [-0.1, -0.05) is 19.3 Å². The first-order valence-corrected chi connectivity index (χ1v) is 7.21. The number of ether oxygens (including phenoxy) is 2. The van der Waals surface area contributed by atoms with Gasteiger partial charge in [0.1, 0.15) is 0 Å². The lowest BCUT2D eigenvalue weighted by Gasteiger charge is -2.35. The number of aromatic nitrogens is 1. The van der Waals surface area contributed by atoms with Crippen molar-refractivity contribution in [3.63, 3.8) is 0 Å². The normalized spacial score (nSPS) is 29.2. The minimum Gasteiger partial charge on any atom is -0.344 e. The van der Waals surface area contributed by atoms with E-state index in [2.05, 4.69) is 23.6 Å². The van der Waals surface area contributed by atoms with E-state index in [-0.39, 0.29) is 12.6 Å². The predicted octanol–water partition coefficient (Wildman–Crippen LogP) is 3.56. The van der Waals surface area contributed by atoms with E-state index in [1.807, 2.05) is 6.92 Å². The second-order valence-electron chi connectivity index (χ2n) is 5.61. The van der Waals surface area contributed by atoms with E-state index < -0.39 is 0 Å². The van der Waals surface area contributed by atoms with Crippen molar-refractivity contribution in [2.45, 2.75) is 71.0 Å². The van der Waals surface area contributed by atoms with Crippen molar-refractivity contribution in [3.8, 4) is 0 Å². The first-order chi connectivity index (χ1) is 8.74. The zero-order valence-electron chi connectivity index (χ0n) is 11.4. The number of hydrogen-bond donors (Lipinski definition) is 0. The van der Waals surface area contributed by atoms with Gasteiger partial charge in [0.2, 0.25) is 0 Å². The van der Waals surface area contributed by atoms with Crippen molar-refractivity contribution >= 4 is 0 Å². The van der Waals surface area contributed by atoms with Gasteiger partial charge in [-0.25, -0.2) is 0 Å². The van der Waals surface area contributed by atoms with Crippen molar-refractivity contribution in [1.29, 1.82) is 0 Å². The minimum absolute atomic E-state index is 0.0241. The summed E-state index contributed by atoms with van der Waals surface area (Å²) in [6.07, 6.45) is 6.77. The van der Waals surface area contributed by atoms with Gasteiger partial charge in [-0.15, -0.1) is 0 Å². The minimum atomic E-state index is -0.0477. The zero-order valence-corrected chi connectivity index (χ0v) is 11.4. The summed E-state index contributed by atoms with van der Waals surface area (Å²) < 4.78 is 13.5. The van der Waals surface area contributed by atoms with Gasteiger partial charge >= 0.3 is 0 Å². The molecule has 0 radical (unpaired) electrons. The fourth-order valence-corrected chi connectivity index (χ4v) is 3.27. The monoisotopic (exact) mass is 249 g/mol. The highest BCUT2D eigenvalue weighted by atomic mass is 16.9. The third-order valence-electron chi connectivity index (χ3n) is 4.27. The Kier molecular flexibility index (Phi) is 3.44. The number of rotatable bonds is 3. The fraction of sp³-hybridized carbons (Fsp3) is 0.733. The highest BCUT2D eigenvalue weighted by molar-refractivity contribution is 5.19. The lowest BCUT2D eigenvalue weighted by atomic mass is 9.87. The molecule has 1 aliphatic heterocycles. The van der Waals surface area contributed by atoms with Crippen LogP contribution in [0.5, 0.6) is 0 Å². The fourth-order valence-electron chi connectivity index (χ4n) is 3.27. The van der Waals surface area contributed by atoms with E-state index in [0.29, 0.717) is 0 Å². The van der Waals surface area contributed by atoms with Crippen molar-refractivity contribution in [1.82, 2.24) is 4.57 Å². The van der Waals surface area contributed by atoms with E-state index in [1.165, 1.54) is 43.5 Å². The summed E-state index contributed by atoms with van der Waals surface area (Å²) in [5.74, 6) is 0.741. The molecule has 1 aliphatic carbocycles. The van der Waals surface area contributed by atoms with E-state index in [4.69, 9.17) is 9.47 Å². The SMILES string of the molecule is Cc1ccc(C2CCCCC2)n1CC1OC(C)O1. The van der Waals surface area contributed by atoms with E-state index in [9.17, 15) is 0 Å². The lowest BCUT2D eigenvalue weighted by molar-refractivity contribution is -0.379. The Labute approximate surface area is 109 Å². The molecule has 3 heteroatoms. The molecule has 2 fully saturated rings. The molecule has 100 valence electrons. The maximum Gasteiger partial charge on any atom is 0.181 e. The van der Waals surface area contributed by atoms with Crippen molar-refractivity contribution in [2.24, 2.45) is 0 Å². The van der Waals surface area contributed by atoms with Gasteiger partial charge in [0.05, 0.1) is 6.54 Å². The smallest absolute Gasteiger partial charge is 0.181 e. The van der Waals surface area contributed by atoms with Crippen LogP contribution >= 0.6 is 0 Å². The van der Waals surface area contributed by atoms with Crippen LogP contribution < -0.4 is 0 Å². The first kappa shape index (κ1) is 12.2. The predicted molar refractivity (Wildman–Crippen MR) is 70.4 cm³/mol. The summed E-state index contributed by atoms with van der Waals surface area (Å²) in [5, 5.41) is 0. The number of aryl methyl sites for hydroxylation is 1. The maximum absolute atomic E-state index is 5.57. The van der Waals surface area contributed by atoms with Gasteiger partial charge in [-0.2, -0.15) is 0 Å². The van der Waals surface area contributed by atoms with Crippen LogP contribution in [0.2, 0.25) is 0 Å². The molecule has 3 rings (SSSR count). The molecule has 1 saturated carbocycles. The Balaban J connectivity index is 1.73. The highest BCUT2D eigenvalue weighted by Gasteiger charge is 2.29. The molecule has 1 aromatic rings.